The topological polar surface area (TPSA) is 39.7 Å². The molecule has 0 radical (unpaired) electrons. The molecule has 142 valence electrons. The van der Waals surface area contributed by atoms with Gasteiger partial charge in [-0.25, -0.2) is 0 Å². The van der Waals surface area contributed by atoms with E-state index in [-0.39, 0.29) is 24.9 Å². The van der Waals surface area contributed by atoms with E-state index < -0.39 is 12.1 Å². The van der Waals surface area contributed by atoms with E-state index in [9.17, 15) is 13.2 Å². The van der Waals surface area contributed by atoms with Crippen molar-refractivity contribution in [3.63, 3.8) is 0 Å². The summed E-state index contributed by atoms with van der Waals surface area (Å²) in [5.74, 6) is 0.478. The average Bonchev–Trinajstić information content (AvgIpc) is 2.59. The molecule has 1 saturated carbocycles. The zero-order valence-electron chi connectivity index (χ0n) is 15.1. The number of nitrogens with one attached hydrogen (secondary N) is 1. The van der Waals surface area contributed by atoms with Gasteiger partial charge in [0.05, 0.1) is 27.2 Å². The Morgan fingerprint density at radius 1 is 0.960 bits per heavy atom. The summed E-state index contributed by atoms with van der Waals surface area (Å²) in [5.41, 5.74) is 0.937. The Morgan fingerprint density at radius 2 is 1.48 bits per heavy atom. The molecule has 1 fully saturated rings. The molecule has 1 aromatic carbocycles. The second-order valence-corrected chi connectivity index (χ2v) is 6.44. The fourth-order valence-electron chi connectivity index (χ4n) is 3.39. The quantitative estimate of drug-likeness (QED) is 0.811. The Balaban J connectivity index is 2.05. The Labute approximate surface area is 146 Å². The van der Waals surface area contributed by atoms with Crippen molar-refractivity contribution in [1.82, 2.24) is 5.32 Å². The molecule has 0 bridgehead atoms. The highest BCUT2D eigenvalue weighted by molar-refractivity contribution is 5.54. The van der Waals surface area contributed by atoms with Crippen molar-refractivity contribution < 1.29 is 27.4 Å². The summed E-state index contributed by atoms with van der Waals surface area (Å²) in [5, 5.41) is 3.43. The van der Waals surface area contributed by atoms with Crippen molar-refractivity contribution in [3.05, 3.63) is 17.7 Å². The van der Waals surface area contributed by atoms with Crippen LogP contribution in [0.25, 0.3) is 0 Å². The molecule has 0 spiro atoms. The normalized spacial score (nSPS) is 22.4. The minimum atomic E-state index is -4.08. The molecule has 1 atom stereocenters. The molecule has 1 unspecified atom stereocenters. The van der Waals surface area contributed by atoms with Gasteiger partial charge >= 0.3 is 6.18 Å². The van der Waals surface area contributed by atoms with E-state index in [0.717, 1.165) is 5.56 Å². The molecule has 0 saturated heterocycles. The zero-order valence-corrected chi connectivity index (χ0v) is 15.1. The molecule has 1 N–H and O–H groups in total. The van der Waals surface area contributed by atoms with E-state index in [1.54, 1.807) is 21.3 Å². The number of ether oxygens (including phenoxy) is 3. The van der Waals surface area contributed by atoms with Crippen LogP contribution in [0.15, 0.2) is 12.1 Å². The van der Waals surface area contributed by atoms with Gasteiger partial charge in [-0.2, -0.15) is 13.2 Å². The molecule has 4 nitrogen and oxygen atoms in total. The lowest BCUT2D eigenvalue weighted by Gasteiger charge is -2.32. The van der Waals surface area contributed by atoms with Crippen molar-refractivity contribution >= 4 is 0 Å². The van der Waals surface area contributed by atoms with Gasteiger partial charge in [0, 0.05) is 12.1 Å². The SMILES string of the molecule is COc1cc(C(C)NC2CCC(C(F)(F)F)CC2)cc(OC)c1OC. The largest absolute Gasteiger partial charge is 0.493 e. The van der Waals surface area contributed by atoms with Crippen LogP contribution < -0.4 is 19.5 Å². The van der Waals surface area contributed by atoms with Crippen LogP contribution in [-0.4, -0.2) is 33.5 Å². The van der Waals surface area contributed by atoms with Crippen LogP contribution in [0, 0.1) is 5.92 Å². The van der Waals surface area contributed by atoms with Crippen LogP contribution in [0.4, 0.5) is 13.2 Å². The van der Waals surface area contributed by atoms with Gasteiger partial charge in [-0.15, -0.1) is 0 Å². The Bertz CT molecular complexity index is 544. The van der Waals surface area contributed by atoms with Gasteiger partial charge in [0.25, 0.3) is 0 Å². The number of alkyl halides is 3. The summed E-state index contributed by atoms with van der Waals surface area (Å²) >= 11 is 0. The summed E-state index contributed by atoms with van der Waals surface area (Å²) in [6.45, 7) is 1.98. The number of benzene rings is 1. The number of hydrogen-bond donors (Lipinski definition) is 1. The first-order chi connectivity index (χ1) is 11.8. The summed E-state index contributed by atoms with van der Waals surface area (Å²) in [7, 11) is 4.65. The lowest BCUT2D eigenvalue weighted by atomic mass is 9.85. The first kappa shape index (κ1) is 19.7. The molecule has 1 aromatic rings. The number of rotatable bonds is 6. The van der Waals surface area contributed by atoms with Gasteiger partial charge in [0.1, 0.15) is 0 Å². The summed E-state index contributed by atoms with van der Waals surface area (Å²) in [6, 6.07) is 3.76. The van der Waals surface area contributed by atoms with Gasteiger partial charge < -0.3 is 19.5 Å². The molecule has 7 heteroatoms. The van der Waals surface area contributed by atoms with E-state index in [0.29, 0.717) is 30.1 Å². The maximum absolute atomic E-state index is 12.8. The molecular formula is C18H26F3NO3. The van der Waals surface area contributed by atoms with Crippen LogP contribution in [0.3, 0.4) is 0 Å². The highest BCUT2D eigenvalue weighted by Crippen LogP contribution is 2.41. The molecule has 25 heavy (non-hydrogen) atoms. The van der Waals surface area contributed by atoms with Gasteiger partial charge in [-0.05, 0) is 50.3 Å². The minimum absolute atomic E-state index is 0.0406. The lowest BCUT2D eigenvalue weighted by Crippen LogP contribution is -2.38. The van der Waals surface area contributed by atoms with Gasteiger partial charge in [-0.1, -0.05) is 0 Å². The summed E-state index contributed by atoms with van der Waals surface area (Å²) in [6.07, 6.45) is -2.66. The Hall–Kier alpha value is -1.63. The van der Waals surface area contributed by atoms with Gasteiger partial charge in [0.15, 0.2) is 11.5 Å². The number of halogens is 3. The van der Waals surface area contributed by atoms with E-state index in [1.165, 1.54) is 0 Å². The van der Waals surface area contributed by atoms with Crippen molar-refractivity contribution in [1.29, 1.82) is 0 Å². The first-order valence-electron chi connectivity index (χ1n) is 8.42. The number of methoxy groups -OCH3 is 3. The van der Waals surface area contributed by atoms with E-state index in [2.05, 4.69) is 5.32 Å². The Kier molecular flexibility index (Phi) is 6.43. The third kappa shape index (κ3) is 4.71. The highest BCUT2D eigenvalue weighted by atomic mass is 19.4. The van der Waals surface area contributed by atoms with Gasteiger partial charge in [-0.3, -0.25) is 0 Å². The third-order valence-electron chi connectivity index (χ3n) is 4.86. The molecule has 0 amide bonds. The van der Waals surface area contributed by atoms with Gasteiger partial charge in [0.2, 0.25) is 5.75 Å². The predicted octanol–water partition coefficient (Wildman–Crippen LogP) is 4.48. The lowest BCUT2D eigenvalue weighted by molar-refractivity contribution is -0.182. The minimum Gasteiger partial charge on any atom is -0.493 e. The number of hydrogen-bond acceptors (Lipinski definition) is 4. The summed E-state index contributed by atoms with van der Waals surface area (Å²) < 4.78 is 54.3. The van der Waals surface area contributed by atoms with Crippen LogP contribution in [-0.2, 0) is 0 Å². The van der Waals surface area contributed by atoms with E-state index in [4.69, 9.17) is 14.2 Å². The molecule has 0 aliphatic heterocycles. The zero-order chi connectivity index (χ0) is 18.6. The van der Waals surface area contributed by atoms with Crippen LogP contribution in [0.1, 0.15) is 44.2 Å². The van der Waals surface area contributed by atoms with Crippen LogP contribution in [0.2, 0.25) is 0 Å². The molecule has 0 heterocycles. The smallest absolute Gasteiger partial charge is 0.391 e. The standard InChI is InChI=1S/C18H26F3NO3/c1-11(22-14-7-5-13(6-8-14)18(19,20)21)12-9-15(23-2)17(25-4)16(10-12)24-3/h9-11,13-14,22H,5-8H2,1-4H3. The van der Waals surface area contributed by atoms with Crippen molar-refractivity contribution in [2.75, 3.05) is 21.3 Å². The molecular weight excluding hydrogens is 335 g/mol. The Morgan fingerprint density at radius 3 is 1.88 bits per heavy atom. The van der Waals surface area contributed by atoms with Crippen molar-refractivity contribution in [2.45, 2.75) is 50.9 Å². The van der Waals surface area contributed by atoms with Crippen LogP contribution in [0.5, 0.6) is 17.2 Å². The van der Waals surface area contributed by atoms with Crippen molar-refractivity contribution in [2.24, 2.45) is 5.92 Å². The fraction of sp³-hybridized carbons (Fsp3) is 0.667. The fourth-order valence-corrected chi connectivity index (χ4v) is 3.39. The summed E-state index contributed by atoms with van der Waals surface area (Å²) in [4.78, 5) is 0. The third-order valence-corrected chi connectivity index (χ3v) is 4.86. The monoisotopic (exact) mass is 361 g/mol. The van der Waals surface area contributed by atoms with Crippen LogP contribution >= 0.6 is 0 Å². The predicted molar refractivity (Wildman–Crippen MR) is 89.4 cm³/mol. The van der Waals surface area contributed by atoms with E-state index >= 15 is 0 Å². The maximum Gasteiger partial charge on any atom is 0.391 e. The first-order valence-corrected chi connectivity index (χ1v) is 8.42. The van der Waals surface area contributed by atoms with E-state index in [1.807, 2.05) is 19.1 Å². The molecule has 1 aliphatic rings. The molecule has 1 aliphatic carbocycles. The van der Waals surface area contributed by atoms with Crippen molar-refractivity contribution in [3.8, 4) is 17.2 Å². The average molecular weight is 361 g/mol. The molecule has 0 aromatic heterocycles. The second kappa shape index (κ2) is 8.17. The highest BCUT2D eigenvalue weighted by Gasteiger charge is 2.41. The second-order valence-electron chi connectivity index (χ2n) is 6.44. The molecule has 2 rings (SSSR count). The maximum atomic E-state index is 12.8.